The zero-order chi connectivity index (χ0) is 21.1. The highest BCUT2D eigenvalue weighted by Crippen LogP contribution is 2.19. The molecular weight excluding hydrogens is 495 g/mol. The van der Waals surface area contributed by atoms with E-state index in [0.29, 0.717) is 19.6 Å². The number of hydrogen-bond acceptors (Lipinski definition) is 4. The van der Waals surface area contributed by atoms with Crippen molar-refractivity contribution in [2.75, 3.05) is 31.6 Å². The Morgan fingerprint density at radius 3 is 2.57 bits per heavy atom. The summed E-state index contributed by atoms with van der Waals surface area (Å²) in [6.45, 7) is 9.17. The minimum absolute atomic E-state index is 0. The van der Waals surface area contributed by atoms with E-state index in [0.717, 1.165) is 56.1 Å². The Hall–Kier alpha value is -1.84. The van der Waals surface area contributed by atoms with Crippen LogP contribution < -0.4 is 10.6 Å². The second-order valence-electron chi connectivity index (χ2n) is 7.18. The van der Waals surface area contributed by atoms with Crippen molar-refractivity contribution >= 4 is 47.5 Å². The van der Waals surface area contributed by atoms with Crippen molar-refractivity contribution in [2.24, 2.45) is 10.9 Å². The first-order chi connectivity index (χ1) is 14.1. The van der Waals surface area contributed by atoms with Crippen LogP contribution in [0.4, 0.5) is 5.69 Å². The van der Waals surface area contributed by atoms with E-state index in [4.69, 9.17) is 9.73 Å². The number of hydrogen-bond donors (Lipinski definition) is 2. The summed E-state index contributed by atoms with van der Waals surface area (Å²) in [5.74, 6) is 0.787. The number of nitrogens with one attached hydrogen (secondary N) is 2. The molecule has 0 unspecified atom stereocenters. The summed E-state index contributed by atoms with van der Waals surface area (Å²) in [6, 6.07) is 7.81. The lowest BCUT2D eigenvalue weighted by Gasteiger charge is -2.33. The van der Waals surface area contributed by atoms with Gasteiger partial charge in [-0.1, -0.05) is 19.1 Å². The van der Waals surface area contributed by atoms with E-state index in [9.17, 15) is 9.59 Å². The fraction of sp³-hybridized carbons (Fsp3) is 0.591. The first kappa shape index (κ1) is 26.2. The van der Waals surface area contributed by atoms with Gasteiger partial charge >= 0.3 is 5.97 Å². The standard InChI is InChI=1S/C22H34N4O3.HI/c1-4-8-20(27)25-19-10-7-9-17(15-19)16-24-22(23-5-2)26-13-11-18(12-14-26)21(28)29-6-3;/h7,9-10,15,18H,4-6,8,11-14,16H2,1-3H3,(H,23,24)(H,25,27);1H. The Morgan fingerprint density at radius 2 is 1.93 bits per heavy atom. The Bertz CT molecular complexity index is 703. The van der Waals surface area contributed by atoms with Crippen LogP contribution in [-0.2, 0) is 20.9 Å². The van der Waals surface area contributed by atoms with Gasteiger partial charge in [0.05, 0.1) is 19.1 Å². The van der Waals surface area contributed by atoms with E-state index in [1.807, 2.05) is 45.0 Å². The monoisotopic (exact) mass is 530 g/mol. The van der Waals surface area contributed by atoms with Crippen LogP contribution in [0, 0.1) is 5.92 Å². The number of guanidine groups is 1. The maximum Gasteiger partial charge on any atom is 0.309 e. The molecule has 1 aromatic rings. The van der Waals surface area contributed by atoms with E-state index in [1.54, 1.807) is 0 Å². The van der Waals surface area contributed by atoms with Crippen molar-refractivity contribution in [3.63, 3.8) is 0 Å². The third-order valence-corrected chi connectivity index (χ3v) is 4.85. The van der Waals surface area contributed by atoms with Crippen molar-refractivity contribution in [3.05, 3.63) is 29.8 Å². The van der Waals surface area contributed by atoms with Gasteiger partial charge in [0.15, 0.2) is 5.96 Å². The number of anilines is 1. The summed E-state index contributed by atoms with van der Waals surface area (Å²) < 4.78 is 5.15. The molecule has 0 spiro atoms. The van der Waals surface area contributed by atoms with Gasteiger partial charge in [-0.05, 0) is 50.8 Å². The molecule has 0 bridgehead atoms. The minimum Gasteiger partial charge on any atom is -0.466 e. The molecule has 0 atom stereocenters. The molecule has 2 N–H and O–H groups in total. The zero-order valence-electron chi connectivity index (χ0n) is 18.3. The second-order valence-corrected chi connectivity index (χ2v) is 7.18. The van der Waals surface area contributed by atoms with Gasteiger partial charge in [-0.2, -0.15) is 0 Å². The molecule has 1 aliphatic rings. The predicted molar refractivity (Wildman–Crippen MR) is 131 cm³/mol. The van der Waals surface area contributed by atoms with Gasteiger partial charge < -0.3 is 20.3 Å². The normalized spacial score (nSPS) is 14.6. The van der Waals surface area contributed by atoms with Gasteiger partial charge in [0.25, 0.3) is 0 Å². The van der Waals surface area contributed by atoms with Gasteiger partial charge in [0.2, 0.25) is 5.91 Å². The van der Waals surface area contributed by atoms with Gasteiger partial charge in [-0.15, -0.1) is 24.0 Å². The number of halogens is 1. The largest absolute Gasteiger partial charge is 0.466 e. The number of piperidine rings is 1. The van der Waals surface area contributed by atoms with Crippen molar-refractivity contribution in [1.29, 1.82) is 0 Å². The molecule has 1 aliphatic heterocycles. The third kappa shape index (κ3) is 8.49. The summed E-state index contributed by atoms with van der Waals surface area (Å²) in [6.07, 6.45) is 2.91. The maximum absolute atomic E-state index is 11.9. The number of nitrogens with zero attached hydrogens (tertiary/aromatic N) is 2. The van der Waals surface area contributed by atoms with E-state index >= 15 is 0 Å². The van der Waals surface area contributed by atoms with Crippen molar-refractivity contribution in [3.8, 4) is 0 Å². The number of esters is 1. The Balaban J connectivity index is 0.00000450. The van der Waals surface area contributed by atoms with Crippen LogP contribution in [0.25, 0.3) is 0 Å². The average molecular weight is 530 g/mol. The van der Waals surface area contributed by atoms with Crippen molar-refractivity contribution < 1.29 is 14.3 Å². The van der Waals surface area contributed by atoms with Crippen LogP contribution in [0.5, 0.6) is 0 Å². The first-order valence-corrected chi connectivity index (χ1v) is 10.7. The highest BCUT2D eigenvalue weighted by molar-refractivity contribution is 14.0. The molecule has 30 heavy (non-hydrogen) atoms. The molecule has 0 radical (unpaired) electrons. The second kappa shape index (κ2) is 14.2. The minimum atomic E-state index is -0.0870. The number of amides is 1. The molecular formula is C22H35IN4O3. The van der Waals surface area contributed by atoms with Crippen LogP contribution in [-0.4, -0.2) is 49.0 Å². The smallest absolute Gasteiger partial charge is 0.309 e. The first-order valence-electron chi connectivity index (χ1n) is 10.7. The van der Waals surface area contributed by atoms with Crippen LogP contribution in [0.3, 0.4) is 0 Å². The predicted octanol–water partition coefficient (Wildman–Crippen LogP) is 3.78. The number of carbonyl (C=O) groups is 2. The Kier molecular flexibility index (Phi) is 12.4. The summed E-state index contributed by atoms with van der Waals surface area (Å²) in [7, 11) is 0. The van der Waals surface area contributed by atoms with Gasteiger partial charge in [-0.3, -0.25) is 9.59 Å². The third-order valence-electron chi connectivity index (χ3n) is 4.85. The van der Waals surface area contributed by atoms with Crippen LogP contribution >= 0.6 is 24.0 Å². The molecule has 2 rings (SSSR count). The maximum atomic E-state index is 11.9. The fourth-order valence-electron chi connectivity index (χ4n) is 3.38. The summed E-state index contributed by atoms with van der Waals surface area (Å²) >= 11 is 0. The molecule has 1 saturated heterocycles. The molecule has 0 saturated carbocycles. The average Bonchev–Trinajstić information content (AvgIpc) is 2.72. The molecule has 0 aromatic heterocycles. The Morgan fingerprint density at radius 1 is 1.20 bits per heavy atom. The van der Waals surface area contributed by atoms with Crippen LogP contribution in [0.15, 0.2) is 29.3 Å². The summed E-state index contributed by atoms with van der Waals surface area (Å²) in [5.41, 5.74) is 1.84. The lowest BCUT2D eigenvalue weighted by Crippen LogP contribution is -2.46. The SMILES string of the molecule is CCCC(=O)Nc1cccc(CN=C(NCC)N2CCC(C(=O)OCC)CC2)c1.I. The fourth-order valence-corrected chi connectivity index (χ4v) is 3.38. The molecule has 1 amide bonds. The molecule has 168 valence electrons. The lowest BCUT2D eigenvalue weighted by atomic mass is 9.97. The zero-order valence-corrected chi connectivity index (χ0v) is 20.6. The number of benzene rings is 1. The van der Waals surface area contributed by atoms with Crippen molar-refractivity contribution in [2.45, 2.75) is 53.0 Å². The van der Waals surface area contributed by atoms with Crippen molar-refractivity contribution in [1.82, 2.24) is 10.2 Å². The number of aliphatic imine (C=N–C) groups is 1. The molecule has 1 aromatic carbocycles. The van der Waals surface area contributed by atoms with E-state index in [-0.39, 0.29) is 41.8 Å². The van der Waals surface area contributed by atoms with Gasteiger partial charge in [0.1, 0.15) is 0 Å². The lowest BCUT2D eigenvalue weighted by molar-refractivity contribution is -0.149. The van der Waals surface area contributed by atoms with E-state index < -0.39 is 0 Å². The number of ether oxygens (including phenoxy) is 1. The summed E-state index contributed by atoms with van der Waals surface area (Å²) in [5, 5.41) is 6.27. The van der Waals surface area contributed by atoms with E-state index in [1.165, 1.54) is 0 Å². The molecule has 1 fully saturated rings. The van der Waals surface area contributed by atoms with Gasteiger partial charge in [0, 0.05) is 31.7 Å². The van der Waals surface area contributed by atoms with Crippen LogP contribution in [0.2, 0.25) is 0 Å². The molecule has 1 heterocycles. The topological polar surface area (TPSA) is 83.0 Å². The number of carbonyl (C=O) groups excluding carboxylic acids is 2. The highest BCUT2D eigenvalue weighted by Gasteiger charge is 2.27. The Labute approximate surface area is 197 Å². The molecule has 0 aliphatic carbocycles. The number of rotatable bonds is 8. The summed E-state index contributed by atoms with van der Waals surface area (Å²) in [4.78, 5) is 30.7. The highest BCUT2D eigenvalue weighted by atomic mass is 127. The van der Waals surface area contributed by atoms with Crippen LogP contribution in [0.1, 0.15) is 52.0 Å². The van der Waals surface area contributed by atoms with E-state index in [2.05, 4.69) is 15.5 Å². The number of likely N-dealkylation sites (tertiary alicyclic amines) is 1. The van der Waals surface area contributed by atoms with Gasteiger partial charge in [-0.25, -0.2) is 4.99 Å². The molecule has 8 heteroatoms. The molecule has 7 nitrogen and oxygen atoms in total. The quantitative estimate of drug-likeness (QED) is 0.231.